The Morgan fingerprint density at radius 1 is 1.39 bits per heavy atom. The topological polar surface area (TPSA) is 78.9 Å². The second kappa shape index (κ2) is 5.03. The van der Waals surface area contributed by atoms with Crippen molar-refractivity contribution in [1.82, 2.24) is 0 Å². The summed E-state index contributed by atoms with van der Waals surface area (Å²) in [4.78, 5) is 13.5. The predicted octanol–water partition coefficient (Wildman–Crippen LogP) is 1.56. The van der Waals surface area contributed by atoms with Crippen LogP contribution in [-0.2, 0) is 4.79 Å². The molecular formula is C12H16FN3O2. The van der Waals surface area contributed by atoms with E-state index in [1.165, 1.54) is 29.2 Å². The zero-order chi connectivity index (χ0) is 13.9. The summed E-state index contributed by atoms with van der Waals surface area (Å²) in [6.07, 6.45) is 0. The Morgan fingerprint density at radius 2 is 1.89 bits per heavy atom. The fourth-order valence-corrected chi connectivity index (χ4v) is 1.44. The van der Waals surface area contributed by atoms with E-state index in [1.54, 1.807) is 20.9 Å². The second-order valence-corrected chi connectivity index (χ2v) is 4.45. The Balaban J connectivity index is 3.01. The molecule has 6 heteroatoms. The first kappa shape index (κ1) is 14.0. The van der Waals surface area contributed by atoms with Gasteiger partial charge in [0.2, 0.25) is 5.91 Å². The van der Waals surface area contributed by atoms with Gasteiger partial charge in [0.25, 0.3) is 0 Å². The molecule has 0 radical (unpaired) electrons. The first-order valence-electron chi connectivity index (χ1n) is 5.32. The highest BCUT2D eigenvalue weighted by Gasteiger charge is 2.35. The highest BCUT2D eigenvalue weighted by molar-refractivity contribution is 6.11. The van der Waals surface area contributed by atoms with E-state index in [9.17, 15) is 9.18 Å². The molecule has 0 heterocycles. The summed E-state index contributed by atoms with van der Waals surface area (Å²) in [5.74, 6) is -0.916. The molecule has 0 aliphatic carbocycles. The number of oxime groups is 1. The van der Waals surface area contributed by atoms with Gasteiger partial charge >= 0.3 is 0 Å². The molecule has 1 aromatic carbocycles. The number of rotatable bonds is 3. The van der Waals surface area contributed by atoms with Crippen LogP contribution in [0.5, 0.6) is 0 Å². The van der Waals surface area contributed by atoms with Crippen molar-refractivity contribution in [2.24, 2.45) is 16.3 Å². The van der Waals surface area contributed by atoms with Gasteiger partial charge in [-0.1, -0.05) is 5.16 Å². The van der Waals surface area contributed by atoms with E-state index in [1.807, 2.05) is 0 Å². The largest absolute Gasteiger partial charge is 0.409 e. The average Bonchev–Trinajstić information content (AvgIpc) is 2.36. The first-order valence-corrected chi connectivity index (χ1v) is 5.32. The van der Waals surface area contributed by atoms with Crippen molar-refractivity contribution in [3.8, 4) is 0 Å². The molecule has 5 nitrogen and oxygen atoms in total. The molecule has 1 aromatic rings. The second-order valence-electron chi connectivity index (χ2n) is 4.45. The summed E-state index contributed by atoms with van der Waals surface area (Å²) in [6, 6.07) is 5.48. The number of hydrogen-bond acceptors (Lipinski definition) is 3. The molecule has 1 amide bonds. The summed E-state index contributed by atoms with van der Waals surface area (Å²) < 4.78 is 12.8. The highest BCUT2D eigenvalue weighted by Crippen LogP contribution is 2.23. The molecule has 0 saturated heterocycles. The van der Waals surface area contributed by atoms with E-state index in [0.717, 1.165) is 0 Å². The Hall–Kier alpha value is -2.11. The molecule has 0 spiro atoms. The number of nitrogens with zero attached hydrogens (tertiary/aromatic N) is 2. The fraction of sp³-hybridized carbons (Fsp3) is 0.333. The van der Waals surface area contributed by atoms with Crippen molar-refractivity contribution in [3.05, 3.63) is 30.1 Å². The molecule has 0 unspecified atom stereocenters. The van der Waals surface area contributed by atoms with Crippen LogP contribution < -0.4 is 10.6 Å². The molecule has 98 valence electrons. The average molecular weight is 253 g/mol. The lowest BCUT2D eigenvalue weighted by Gasteiger charge is -2.28. The van der Waals surface area contributed by atoms with E-state index in [2.05, 4.69) is 5.16 Å². The molecular weight excluding hydrogens is 237 g/mol. The van der Waals surface area contributed by atoms with Crippen LogP contribution in [0.15, 0.2) is 29.4 Å². The Bertz CT molecular complexity index is 469. The third-order valence-corrected chi connectivity index (χ3v) is 2.80. The van der Waals surface area contributed by atoms with Crippen LogP contribution in [0.1, 0.15) is 13.8 Å². The van der Waals surface area contributed by atoms with Crippen molar-refractivity contribution < 1.29 is 14.4 Å². The minimum absolute atomic E-state index is 0.179. The van der Waals surface area contributed by atoms with Crippen LogP contribution in [0, 0.1) is 11.2 Å². The number of carbonyl (C=O) groups excluding carboxylic acids is 1. The van der Waals surface area contributed by atoms with Gasteiger partial charge in [-0.2, -0.15) is 0 Å². The zero-order valence-corrected chi connectivity index (χ0v) is 10.5. The van der Waals surface area contributed by atoms with E-state index < -0.39 is 5.41 Å². The summed E-state index contributed by atoms with van der Waals surface area (Å²) in [7, 11) is 1.54. The van der Waals surface area contributed by atoms with Crippen LogP contribution >= 0.6 is 0 Å². The van der Waals surface area contributed by atoms with Gasteiger partial charge in [0, 0.05) is 12.7 Å². The van der Waals surface area contributed by atoms with Gasteiger partial charge in [-0.05, 0) is 38.1 Å². The van der Waals surface area contributed by atoms with Crippen molar-refractivity contribution in [2.45, 2.75) is 13.8 Å². The number of amides is 1. The number of anilines is 1. The molecule has 0 atom stereocenters. The first-order chi connectivity index (χ1) is 8.30. The van der Waals surface area contributed by atoms with Crippen molar-refractivity contribution >= 4 is 17.4 Å². The Morgan fingerprint density at radius 3 is 2.33 bits per heavy atom. The number of halogens is 1. The molecule has 0 saturated carbocycles. The lowest BCUT2D eigenvalue weighted by molar-refractivity contribution is -0.123. The van der Waals surface area contributed by atoms with Crippen molar-refractivity contribution in [2.75, 3.05) is 11.9 Å². The maximum Gasteiger partial charge on any atom is 0.240 e. The molecule has 0 aliphatic heterocycles. The standard InChI is InChI=1S/C12H16FN3O2/c1-12(2,10(14)15-18)11(17)16(3)9-6-4-8(13)5-7-9/h4-7,18H,1-3H3,(H2,14,15). The summed E-state index contributed by atoms with van der Waals surface area (Å²) >= 11 is 0. The van der Waals surface area contributed by atoms with Gasteiger partial charge in [-0.3, -0.25) is 4.79 Å². The molecule has 0 fully saturated rings. The maximum absolute atomic E-state index is 12.8. The SMILES string of the molecule is CN(C(=O)C(C)(C)C(N)=NO)c1ccc(F)cc1. The highest BCUT2D eigenvalue weighted by atomic mass is 19.1. The monoisotopic (exact) mass is 253 g/mol. The van der Waals surface area contributed by atoms with E-state index >= 15 is 0 Å². The molecule has 0 aliphatic rings. The summed E-state index contributed by atoms with van der Waals surface area (Å²) in [6.45, 7) is 3.09. The van der Waals surface area contributed by atoms with Crippen LogP contribution in [0.25, 0.3) is 0 Å². The van der Waals surface area contributed by atoms with Crippen LogP contribution in [0.4, 0.5) is 10.1 Å². The van der Waals surface area contributed by atoms with Crippen molar-refractivity contribution in [1.29, 1.82) is 0 Å². The minimum Gasteiger partial charge on any atom is -0.409 e. The van der Waals surface area contributed by atoms with Crippen LogP contribution in [-0.4, -0.2) is 24.0 Å². The number of benzene rings is 1. The predicted molar refractivity (Wildman–Crippen MR) is 67.0 cm³/mol. The molecule has 18 heavy (non-hydrogen) atoms. The third kappa shape index (κ3) is 2.58. The number of hydrogen-bond donors (Lipinski definition) is 2. The Kier molecular flexibility index (Phi) is 3.90. The van der Waals surface area contributed by atoms with Gasteiger partial charge in [-0.15, -0.1) is 0 Å². The minimum atomic E-state index is -1.14. The molecule has 0 aromatic heterocycles. The van der Waals surface area contributed by atoms with Gasteiger partial charge in [0.15, 0.2) is 5.84 Å². The summed E-state index contributed by atoms with van der Waals surface area (Å²) in [5, 5.41) is 11.5. The van der Waals surface area contributed by atoms with E-state index in [-0.39, 0.29) is 17.6 Å². The zero-order valence-electron chi connectivity index (χ0n) is 10.5. The van der Waals surface area contributed by atoms with Gasteiger partial charge < -0.3 is 15.8 Å². The quantitative estimate of drug-likeness (QED) is 0.371. The van der Waals surface area contributed by atoms with Gasteiger partial charge in [0.05, 0.1) is 0 Å². The molecule has 1 rings (SSSR count). The maximum atomic E-state index is 12.8. The van der Waals surface area contributed by atoms with E-state index in [4.69, 9.17) is 10.9 Å². The lowest BCUT2D eigenvalue weighted by Crippen LogP contribution is -2.46. The summed E-state index contributed by atoms with van der Waals surface area (Å²) in [5.41, 5.74) is 4.87. The number of carbonyl (C=O) groups is 1. The Labute approximate surface area is 105 Å². The van der Waals surface area contributed by atoms with Crippen molar-refractivity contribution in [3.63, 3.8) is 0 Å². The van der Waals surface area contributed by atoms with Gasteiger partial charge in [-0.25, -0.2) is 4.39 Å². The number of nitrogens with two attached hydrogens (primary N) is 1. The lowest BCUT2D eigenvalue weighted by atomic mass is 9.90. The van der Waals surface area contributed by atoms with E-state index in [0.29, 0.717) is 5.69 Å². The normalized spacial score (nSPS) is 12.3. The molecule has 3 N–H and O–H groups in total. The molecule has 0 bridgehead atoms. The fourth-order valence-electron chi connectivity index (χ4n) is 1.44. The van der Waals surface area contributed by atoms with Crippen LogP contribution in [0.2, 0.25) is 0 Å². The third-order valence-electron chi connectivity index (χ3n) is 2.80. The van der Waals surface area contributed by atoms with Crippen LogP contribution in [0.3, 0.4) is 0 Å². The van der Waals surface area contributed by atoms with Gasteiger partial charge in [0.1, 0.15) is 11.2 Å². The smallest absolute Gasteiger partial charge is 0.240 e. The number of amidine groups is 1.